The predicted molar refractivity (Wildman–Crippen MR) is 91.7 cm³/mol. The molecule has 0 fully saturated rings. The maximum atomic E-state index is 13.2. The Kier molecular flexibility index (Phi) is 4.60. The first kappa shape index (κ1) is 17.5. The molecule has 6 heteroatoms. The zero-order valence-corrected chi connectivity index (χ0v) is 14.8. The van der Waals surface area contributed by atoms with Gasteiger partial charge < -0.3 is 9.47 Å². The number of anilines is 1. The lowest BCUT2D eigenvalue weighted by atomic mass is 10.0. The summed E-state index contributed by atoms with van der Waals surface area (Å²) in [5, 5.41) is 14.0. The Morgan fingerprint density at radius 1 is 1.12 bits per heavy atom. The van der Waals surface area contributed by atoms with Crippen molar-refractivity contribution in [2.45, 2.75) is 32.1 Å². The topological polar surface area (TPSA) is 60.1 Å². The van der Waals surface area contributed by atoms with Crippen molar-refractivity contribution >= 4 is 5.69 Å². The van der Waals surface area contributed by atoms with Gasteiger partial charge in [0.25, 0.3) is 5.72 Å². The van der Waals surface area contributed by atoms with Crippen LogP contribution in [0.1, 0.15) is 26.3 Å². The second-order valence-electron chi connectivity index (χ2n) is 6.85. The SMILES string of the molecule is COc1cccc(C2(OOC(C)(C)C)COc3ccccc3N2[O])c1. The molecule has 1 aliphatic heterocycles. The molecule has 2 aromatic rings. The highest BCUT2D eigenvalue weighted by molar-refractivity contribution is 5.60. The molecule has 0 saturated carbocycles. The van der Waals surface area contributed by atoms with Gasteiger partial charge in [-0.1, -0.05) is 29.5 Å². The molecule has 6 nitrogen and oxygen atoms in total. The Morgan fingerprint density at radius 2 is 1.88 bits per heavy atom. The van der Waals surface area contributed by atoms with Crippen molar-refractivity contribution in [2.24, 2.45) is 0 Å². The van der Waals surface area contributed by atoms with Gasteiger partial charge in [-0.25, -0.2) is 4.89 Å². The molecule has 0 spiro atoms. The third-order valence-electron chi connectivity index (χ3n) is 3.79. The summed E-state index contributed by atoms with van der Waals surface area (Å²) in [6.45, 7) is 5.52. The molecule has 0 bridgehead atoms. The average molecular weight is 344 g/mol. The average Bonchev–Trinajstić information content (AvgIpc) is 2.61. The van der Waals surface area contributed by atoms with E-state index in [1.165, 1.54) is 0 Å². The summed E-state index contributed by atoms with van der Waals surface area (Å²) in [6, 6.07) is 14.2. The Hall–Kier alpha value is -2.28. The first-order valence-electron chi connectivity index (χ1n) is 8.06. The van der Waals surface area contributed by atoms with E-state index in [0.717, 1.165) is 5.06 Å². The number of rotatable bonds is 4. The summed E-state index contributed by atoms with van der Waals surface area (Å²) in [5.41, 5.74) is -1.10. The Bertz CT molecular complexity index is 743. The van der Waals surface area contributed by atoms with E-state index in [1.54, 1.807) is 49.6 Å². The van der Waals surface area contributed by atoms with E-state index in [9.17, 15) is 5.21 Å². The van der Waals surface area contributed by atoms with E-state index >= 15 is 0 Å². The third kappa shape index (κ3) is 3.42. The lowest BCUT2D eigenvalue weighted by molar-refractivity contribution is -0.424. The molecular weight excluding hydrogens is 322 g/mol. The van der Waals surface area contributed by atoms with Crippen LogP contribution >= 0.6 is 0 Å². The van der Waals surface area contributed by atoms with Crippen molar-refractivity contribution in [3.05, 3.63) is 54.1 Å². The van der Waals surface area contributed by atoms with Gasteiger partial charge >= 0.3 is 0 Å². The lowest BCUT2D eigenvalue weighted by Crippen LogP contribution is -2.53. The molecule has 0 saturated heterocycles. The first-order chi connectivity index (χ1) is 11.9. The normalized spacial score (nSPS) is 20.0. The molecule has 133 valence electrons. The highest BCUT2D eigenvalue weighted by atomic mass is 17.2. The van der Waals surface area contributed by atoms with E-state index in [2.05, 4.69) is 0 Å². The highest BCUT2D eigenvalue weighted by Crippen LogP contribution is 2.44. The molecule has 1 atom stereocenters. The van der Waals surface area contributed by atoms with Crippen LogP contribution in [0.25, 0.3) is 0 Å². The van der Waals surface area contributed by atoms with Crippen LogP contribution in [0.5, 0.6) is 11.5 Å². The van der Waals surface area contributed by atoms with E-state index in [-0.39, 0.29) is 6.61 Å². The molecular formula is C19H22NO5. The van der Waals surface area contributed by atoms with Gasteiger partial charge in [0.1, 0.15) is 23.8 Å². The number of hydrogen-bond donors (Lipinski definition) is 0. The summed E-state index contributed by atoms with van der Waals surface area (Å²) >= 11 is 0. The fourth-order valence-corrected chi connectivity index (χ4v) is 2.54. The molecule has 0 amide bonds. The molecule has 1 heterocycles. The van der Waals surface area contributed by atoms with Gasteiger partial charge in [0.05, 0.1) is 12.7 Å². The van der Waals surface area contributed by atoms with E-state index in [4.69, 9.17) is 19.2 Å². The summed E-state index contributed by atoms with van der Waals surface area (Å²) in [4.78, 5) is 11.2. The minimum Gasteiger partial charge on any atom is -0.497 e. The van der Waals surface area contributed by atoms with Crippen LogP contribution in [-0.4, -0.2) is 19.3 Å². The molecule has 0 N–H and O–H groups in total. The standard InChI is InChI=1S/C19H22NO5/c1-18(2,3)24-25-19(14-8-7-9-15(12-14)22-4)13-23-17-11-6-5-10-16(17)20(19)21/h5-12H,13H2,1-4H3. The minimum atomic E-state index is -1.48. The van der Waals surface area contributed by atoms with E-state index in [0.29, 0.717) is 22.7 Å². The van der Waals surface area contributed by atoms with Crippen LogP contribution in [0, 0.1) is 0 Å². The van der Waals surface area contributed by atoms with Crippen molar-refractivity contribution in [2.75, 3.05) is 18.8 Å². The van der Waals surface area contributed by atoms with E-state index in [1.807, 2.05) is 26.8 Å². The van der Waals surface area contributed by atoms with Crippen LogP contribution in [0.2, 0.25) is 0 Å². The Balaban J connectivity index is 2.07. The van der Waals surface area contributed by atoms with E-state index < -0.39 is 11.3 Å². The number of para-hydroxylation sites is 2. The number of fused-ring (bicyclic) bond motifs is 1. The molecule has 1 aliphatic rings. The maximum Gasteiger partial charge on any atom is 0.260 e. The Labute approximate surface area is 147 Å². The fourth-order valence-electron chi connectivity index (χ4n) is 2.54. The third-order valence-corrected chi connectivity index (χ3v) is 3.79. The van der Waals surface area contributed by atoms with Crippen LogP contribution in [0.3, 0.4) is 0 Å². The summed E-state index contributed by atoms with van der Waals surface area (Å²) < 4.78 is 11.1. The van der Waals surface area contributed by atoms with Crippen molar-refractivity contribution in [1.82, 2.24) is 0 Å². The lowest BCUT2D eigenvalue weighted by Gasteiger charge is -2.42. The van der Waals surface area contributed by atoms with Gasteiger partial charge in [0.2, 0.25) is 0 Å². The molecule has 1 unspecified atom stereocenters. The van der Waals surface area contributed by atoms with Crippen LogP contribution in [-0.2, 0) is 20.7 Å². The number of ether oxygens (including phenoxy) is 2. The zero-order chi connectivity index (χ0) is 18.1. The monoisotopic (exact) mass is 344 g/mol. The molecule has 0 aromatic heterocycles. The smallest absolute Gasteiger partial charge is 0.260 e. The van der Waals surface area contributed by atoms with Crippen LogP contribution < -0.4 is 14.5 Å². The second-order valence-corrected chi connectivity index (χ2v) is 6.85. The zero-order valence-electron chi connectivity index (χ0n) is 14.8. The molecule has 0 aliphatic carbocycles. The second kappa shape index (κ2) is 6.55. The van der Waals surface area contributed by atoms with Gasteiger partial charge in [-0.15, -0.1) is 0 Å². The quantitative estimate of drug-likeness (QED) is 0.623. The molecule has 1 radical (unpaired) electrons. The summed E-state index contributed by atoms with van der Waals surface area (Å²) in [7, 11) is 1.57. The van der Waals surface area contributed by atoms with Crippen molar-refractivity contribution in [1.29, 1.82) is 0 Å². The molecule has 2 aromatic carbocycles. The summed E-state index contributed by atoms with van der Waals surface area (Å²) in [5.74, 6) is 1.12. The first-order valence-corrected chi connectivity index (χ1v) is 8.06. The van der Waals surface area contributed by atoms with Crippen molar-refractivity contribution < 1.29 is 24.5 Å². The van der Waals surface area contributed by atoms with Gasteiger partial charge in [-0.2, -0.15) is 9.95 Å². The van der Waals surface area contributed by atoms with Crippen molar-refractivity contribution in [3.63, 3.8) is 0 Å². The van der Waals surface area contributed by atoms with Gasteiger partial charge in [-0.05, 0) is 45.0 Å². The Morgan fingerprint density at radius 3 is 2.60 bits per heavy atom. The van der Waals surface area contributed by atoms with Crippen LogP contribution in [0.15, 0.2) is 48.5 Å². The number of methoxy groups -OCH3 is 1. The van der Waals surface area contributed by atoms with Gasteiger partial charge in [0, 0.05) is 5.56 Å². The highest BCUT2D eigenvalue weighted by Gasteiger charge is 2.49. The minimum absolute atomic E-state index is 0.0171. The summed E-state index contributed by atoms with van der Waals surface area (Å²) in [6.07, 6.45) is 0. The van der Waals surface area contributed by atoms with Crippen LogP contribution in [0.4, 0.5) is 5.69 Å². The number of nitrogens with zero attached hydrogens (tertiary/aromatic N) is 1. The molecule has 25 heavy (non-hydrogen) atoms. The maximum absolute atomic E-state index is 13.2. The number of hydroxylamine groups is 1. The predicted octanol–water partition coefficient (Wildman–Crippen LogP) is 3.84. The van der Waals surface area contributed by atoms with Gasteiger partial charge in [0.15, 0.2) is 0 Å². The fraction of sp³-hybridized carbons (Fsp3) is 0.368. The van der Waals surface area contributed by atoms with Gasteiger partial charge in [-0.3, -0.25) is 0 Å². The number of hydrogen-bond acceptors (Lipinski definition) is 5. The number of benzene rings is 2. The van der Waals surface area contributed by atoms with Crippen molar-refractivity contribution in [3.8, 4) is 11.5 Å². The largest absolute Gasteiger partial charge is 0.497 e. The molecule has 3 rings (SSSR count).